The number of aryl methyl sites for hydroxylation is 1. The number of hydrogen-bond donors (Lipinski definition) is 1. The molecule has 0 fully saturated rings. The summed E-state index contributed by atoms with van der Waals surface area (Å²) in [6, 6.07) is 22.9. The number of rotatable bonds is 6. The number of amides is 1. The maximum Gasteiger partial charge on any atom is 0.334 e. The zero-order chi connectivity index (χ0) is 22.4. The Morgan fingerprint density at radius 2 is 1.42 bits per heavy atom. The van der Waals surface area contributed by atoms with Gasteiger partial charge in [0.05, 0.1) is 11.6 Å². The van der Waals surface area contributed by atoms with Gasteiger partial charge in [0, 0.05) is 5.56 Å². The molecule has 3 rings (SSSR count). The third kappa shape index (κ3) is 5.58. The monoisotopic (exact) mass is 412 g/mol. The van der Waals surface area contributed by atoms with Crippen molar-refractivity contribution in [1.82, 2.24) is 5.32 Å². The van der Waals surface area contributed by atoms with E-state index in [2.05, 4.69) is 11.4 Å². The largest absolute Gasteiger partial charge is 0.425 e. The Hall–Kier alpha value is -3.91. The zero-order valence-corrected chi connectivity index (χ0v) is 17.8. The second kappa shape index (κ2) is 9.73. The molecular formula is C26H24N2O3. The van der Waals surface area contributed by atoms with Gasteiger partial charge in [-0.05, 0) is 60.4 Å². The smallest absolute Gasteiger partial charge is 0.334 e. The molecule has 3 aromatic rings. The second-order valence-corrected chi connectivity index (χ2v) is 7.70. The van der Waals surface area contributed by atoms with E-state index in [4.69, 9.17) is 10.00 Å². The third-order valence-electron chi connectivity index (χ3n) is 4.94. The summed E-state index contributed by atoms with van der Waals surface area (Å²) in [5.74, 6) is -0.564. The van der Waals surface area contributed by atoms with Crippen LogP contribution < -0.4 is 10.1 Å². The lowest BCUT2D eigenvalue weighted by Gasteiger charge is -2.21. The van der Waals surface area contributed by atoms with Crippen LogP contribution in [0.4, 0.5) is 0 Å². The first-order valence-electron chi connectivity index (χ1n) is 10.1. The molecule has 0 saturated carbocycles. The van der Waals surface area contributed by atoms with Crippen LogP contribution in [-0.2, 0) is 4.79 Å². The maximum atomic E-state index is 12.7. The van der Waals surface area contributed by atoms with Crippen LogP contribution in [0.25, 0.3) is 11.1 Å². The van der Waals surface area contributed by atoms with Crippen LogP contribution in [0.2, 0.25) is 0 Å². The summed E-state index contributed by atoms with van der Waals surface area (Å²) in [4.78, 5) is 25.3. The van der Waals surface area contributed by atoms with Gasteiger partial charge in [0.25, 0.3) is 5.91 Å². The number of ether oxygens (including phenoxy) is 1. The van der Waals surface area contributed by atoms with Gasteiger partial charge in [0.15, 0.2) is 0 Å². The minimum absolute atomic E-state index is 0.139. The molecule has 0 unspecified atom stereocenters. The van der Waals surface area contributed by atoms with Gasteiger partial charge in [-0.2, -0.15) is 5.26 Å². The van der Waals surface area contributed by atoms with E-state index in [9.17, 15) is 9.59 Å². The van der Waals surface area contributed by atoms with E-state index in [0.29, 0.717) is 16.9 Å². The lowest BCUT2D eigenvalue weighted by molar-refractivity contribution is -0.137. The van der Waals surface area contributed by atoms with E-state index in [0.717, 1.165) is 16.7 Å². The number of carbonyl (C=O) groups excluding carboxylic acids is 2. The summed E-state index contributed by atoms with van der Waals surface area (Å²) < 4.78 is 5.52. The summed E-state index contributed by atoms with van der Waals surface area (Å²) in [5.41, 5.74) is 4.05. The molecule has 0 saturated heterocycles. The van der Waals surface area contributed by atoms with Crippen LogP contribution in [0.3, 0.4) is 0 Å². The van der Waals surface area contributed by atoms with Crippen molar-refractivity contribution < 1.29 is 14.3 Å². The molecule has 5 heteroatoms. The average Bonchev–Trinajstić information content (AvgIpc) is 2.78. The van der Waals surface area contributed by atoms with Gasteiger partial charge in [0.2, 0.25) is 0 Å². The Labute approximate surface area is 182 Å². The van der Waals surface area contributed by atoms with Crippen LogP contribution in [0.5, 0.6) is 5.75 Å². The summed E-state index contributed by atoms with van der Waals surface area (Å²) in [6.45, 7) is 5.66. The number of hydrogen-bond acceptors (Lipinski definition) is 4. The number of nitriles is 1. The standard InChI is InChI=1S/C26H24N2O3/c1-17(2)24(28-25(29)22-8-4-18(3)5-9-22)26(30)31-23-14-12-21(13-15-23)20-10-6-19(16-27)7-11-20/h4-15,17,24H,1-3H3,(H,28,29)/t24-/m0/s1. The fourth-order valence-electron chi connectivity index (χ4n) is 3.06. The molecule has 3 aromatic carbocycles. The minimum Gasteiger partial charge on any atom is -0.425 e. The highest BCUT2D eigenvalue weighted by Crippen LogP contribution is 2.23. The molecule has 1 amide bonds. The number of nitrogens with zero attached hydrogens (tertiary/aromatic N) is 1. The van der Waals surface area contributed by atoms with Crippen molar-refractivity contribution in [2.75, 3.05) is 0 Å². The first-order valence-corrected chi connectivity index (χ1v) is 10.1. The molecule has 0 heterocycles. The number of benzene rings is 3. The van der Waals surface area contributed by atoms with Gasteiger partial charge < -0.3 is 10.1 Å². The molecule has 5 nitrogen and oxygen atoms in total. The van der Waals surface area contributed by atoms with Crippen LogP contribution in [0.15, 0.2) is 72.8 Å². The second-order valence-electron chi connectivity index (χ2n) is 7.70. The predicted molar refractivity (Wildman–Crippen MR) is 119 cm³/mol. The van der Waals surface area contributed by atoms with E-state index in [-0.39, 0.29) is 11.8 Å². The Balaban J connectivity index is 1.68. The molecule has 0 aliphatic heterocycles. The Kier molecular flexibility index (Phi) is 6.84. The Morgan fingerprint density at radius 3 is 1.94 bits per heavy atom. The van der Waals surface area contributed by atoms with Gasteiger partial charge in [-0.3, -0.25) is 4.79 Å². The summed E-state index contributed by atoms with van der Waals surface area (Å²) in [7, 11) is 0. The van der Waals surface area contributed by atoms with Crippen LogP contribution >= 0.6 is 0 Å². The van der Waals surface area contributed by atoms with Gasteiger partial charge in [-0.1, -0.05) is 55.8 Å². The number of esters is 1. The molecule has 0 spiro atoms. The molecule has 31 heavy (non-hydrogen) atoms. The minimum atomic E-state index is -0.771. The molecule has 0 radical (unpaired) electrons. The maximum absolute atomic E-state index is 12.7. The highest BCUT2D eigenvalue weighted by molar-refractivity contribution is 5.97. The Bertz CT molecular complexity index is 1090. The van der Waals surface area contributed by atoms with Gasteiger partial charge in [-0.25, -0.2) is 4.79 Å². The fourth-order valence-corrected chi connectivity index (χ4v) is 3.06. The van der Waals surface area contributed by atoms with Crippen molar-refractivity contribution in [3.63, 3.8) is 0 Å². The lowest BCUT2D eigenvalue weighted by Crippen LogP contribution is -2.46. The predicted octanol–water partition coefficient (Wildman–Crippen LogP) is 4.89. The first-order chi connectivity index (χ1) is 14.9. The summed E-state index contributed by atoms with van der Waals surface area (Å²) >= 11 is 0. The highest BCUT2D eigenvalue weighted by Gasteiger charge is 2.26. The topological polar surface area (TPSA) is 79.2 Å². The highest BCUT2D eigenvalue weighted by atomic mass is 16.5. The van der Waals surface area contributed by atoms with E-state index in [1.807, 2.05) is 57.2 Å². The van der Waals surface area contributed by atoms with Crippen LogP contribution in [-0.4, -0.2) is 17.9 Å². The molecule has 1 atom stereocenters. The van der Waals surface area contributed by atoms with Crippen molar-refractivity contribution in [2.24, 2.45) is 5.92 Å². The number of carbonyl (C=O) groups is 2. The molecule has 0 aliphatic carbocycles. The molecular weight excluding hydrogens is 388 g/mol. The molecule has 0 aliphatic rings. The Morgan fingerprint density at radius 1 is 0.871 bits per heavy atom. The van der Waals surface area contributed by atoms with Crippen LogP contribution in [0, 0.1) is 24.2 Å². The summed E-state index contributed by atoms with van der Waals surface area (Å²) in [5, 5.41) is 11.7. The molecule has 0 aromatic heterocycles. The van der Waals surface area contributed by atoms with Crippen LogP contribution in [0.1, 0.15) is 35.3 Å². The van der Waals surface area contributed by atoms with E-state index < -0.39 is 12.0 Å². The molecule has 156 valence electrons. The number of nitrogens with one attached hydrogen (secondary N) is 1. The fraction of sp³-hybridized carbons (Fsp3) is 0.192. The SMILES string of the molecule is Cc1ccc(C(=O)N[C@H](C(=O)Oc2ccc(-c3ccc(C#N)cc3)cc2)C(C)C)cc1. The normalized spacial score (nSPS) is 11.5. The first kappa shape index (κ1) is 21.8. The molecule has 0 bridgehead atoms. The van der Waals surface area contributed by atoms with Crippen molar-refractivity contribution in [2.45, 2.75) is 26.8 Å². The molecule has 1 N–H and O–H groups in total. The van der Waals surface area contributed by atoms with Crippen molar-refractivity contribution >= 4 is 11.9 Å². The van der Waals surface area contributed by atoms with Gasteiger partial charge >= 0.3 is 5.97 Å². The quantitative estimate of drug-likeness (QED) is 0.462. The van der Waals surface area contributed by atoms with Gasteiger partial charge in [0.1, 0.15) is 11.8 Å². The van der Waals surface area contributed by atoms with Crippen molar-refractivity contribution in [3.05, 3.63) is 89.5 Å². The van der Waals surface area contributed by atoms with E-state index in [1.165, 1.54) is 0 Å². The summed E-state index contributed by atoms with van der Waals surface area (Å²) in [6.07, 6.45) is 0. The average molecular weight is 412 g/mol. The zero-order valence-electron chi connectivity index (χ0n) is 17.8. The van der Waals surface area contributed by atoms with Crippen molar-refractivity contribution in [1.29, 1.82) is 5.26 Å². The van der Waals surface area contributed by atoms with Gasteiger partial charge in [-0.15, -0.1) is 0 Å². The van der Waals surface area contributed by atoms with E-state index in [1.54, 1.807) is 36.4 Å². The lowest BCUT2D eigenvalue weighted by atomic mass is 10.0. The van der Waals surface area contributed by atoms with E-state index >= 15 is 0 Å². The third-order valence-corrected chi connectivity index (χ3v) is 4.94. The van der Waals surface area contributed by atoms with Crippen molar-refractivity contribution in [3.8, 4) is 22.9 Å².